The van der Waals surface area contributed by atoms with Gasteiger partial charge in [0.05, 0.1) is 11.2 Å². The largest absolute Gasteiger partial charge is 0.468 e. The second-order valence-electron chi connectivity index (χ2n) is 7.28. The molecule has 0 aliphatic heterocycles. The van der Waals surface area contributed by atoms with Crippen molar-refractivity contribution >= 4 is 15.7 Å². The number of hydrogen-bond acceptors (Lipinski definition) is 4. The molecule has 1 aromatic carbocycles. The lowest BCUT2D eigenvalue weighted by Gasteiger charge is -2.22. The van der Waals surface area contributed by atoms with Crippen LogP contribution in [0.3, 0.4) is 0 Å². The van der Waals surface area contributed by atoms with Crippen molar-refractivity contribution in [2.45, 2.75) is 44.8 Å². The van der Waals surface area contributed by atoms with Crippen LogP contribution in [-0.4, -0.2) is 20.9 Å². The quantitative estimate of drug-likeness (QED) is 0.881. The summed E-state index contributed by atoms with van der Waals surface area (Å²) in [5.74, 6) is 0.107. The molecular weight excluding hydrogens is 338 g/mol. The molecule has 0 saturated carbocycles. The van der Waals surface area contributed by atoms with Gasteiger partial charge in [0.25, 0.3) is 0 Å². The summed E-state index contributed by atoms with van der Waals surface area (Å²) < 4.78 is 31.9. The third kappa shape index (κ3) is 4.31. The molecule has 1 heterocycles. The molecule has 1 N–H and O–H groups in total. The van der Waals surface area contributed by atoms with Crippen LogP contribution in [0.2, 0.25) is 0 Å². The van der Waals surface area contributed by atoms with E-state index >= 15 is 0 Å². The summed E-state index contributed by atoms with van der Waals surface area (Å²) in [6.07, 6.45) is 1.44. The third-order valence-electron chi connectivity index (χ3n) is 4.01. The Morgan fingerprint density at radius 1 is 1.20 bits per heavy atom. The Kier molecular flexibility index (Phi) is 5.42. The number of carbonyl (C=O) groups excluding carboxylic acids is 1. The van der Waals surface area contributed by atoms with E-state index in [-0.39, 0.29) is 17.3 Å². The maximum Gasteiger partial charge on any atom is 0.225 e. The monoisotopic (exact) mass is 363 g/mol. The van der Waals surface area contributed by atoms with Crippen molar-refractivity contribution in [3.8, 4) is 0 Å². The number of rotatable bonds is 5. The Morgan fingerprint density at radius 3 is 2.44 bits per heavy atom. The minimum atomic E-state index is -3.73. The fraction of sp³-hybridized carbons (Fsp3) is 0.421. The number of hydrogen-bond donors (Lipinski definition) is 1. The number of amides is 1. The van der Waals surface area contributed by atoms with Crippen LogP contribution in [-0.2, 0) is 14.6 Å². The molecule has 0 saturated heterocycles. The van der Waals surface area contributed by atoms with Crippen LogP contribution >= 0.6 is 0 Å². The predicted octanol–water partition coefficient (Wildman–Crippen LogP) is 3.57. The van der Waals surface area contributed by atoms with Crippen LogP contribution in [0.1, 0.15) is 42.9 Å². The van der Waals surface area contributed by atoms with E-state index in [4.69, 9.17) is 4.42 Å². The average molecular weight is 363 g/mol. The fourth-order valence-electron chi connectivity index (χ4n) is 2.46. The van der Waals surface area contributed by atoms with Gasteiger partial charge in [-0.1, -0.05) is 32.9 Å². The van der Waals surface area contributed by atoms with Gasteiger partial charge in [-0.15, -0.1) is 0 Å². The number of benzene rings is 1. The minimum Gasteiger partial charge on any atom is -0.468 e. The summed E-state index contributed by atoms with van der Waals surface area (Å²) in [5.41, 5.74) is 0.932. The molecule has 0 fully saturated rings. The molecule has 136 valence electrons. The van der Waals surface area contributed by atoms with Crippen molar-refractivity contribution in [1.82, 2.24) is 5.32 Å². The topological polar surface area (TPSA) is 76.4 Å². The van der Waals surface area contributed by atoms with Gasteiger partial charge in [0.1, 0.15) is 11.0 Å². The number of carbonyl (C=O) groups is 1. The van der Waals surface area contributed by atoms with Gasteiger partial charge in [-0.25, -0.2) is 8.42 Å². The fourth-order valence-corrected chi connectivity index (χ4v) is 4.37. The SMILES string of the molecule is Cc1ccc(C)c(S(=O)(=O)[C@@H](CNC(=O)C(C)(C)C)c2ccco2)c1. The number of nitrogens with one attached hydrogen (secondary N) is 1. The van der Waals surface area contributed by atoms with Gasteiger partial charge < -0.3 is 9.73 Å². The normalized spacial score (nSPS) is 13.5. The Hall–Kier alpha value is -2.08. The van der Waals surface area contributed by atoms with E-state index in [0.29, 0.717) is 11.3 Å². The van der Waals surface area contributed by atoms with Gasteiger partial charge in [0.2, 0.25) is 5.91 Å². The van der Waals surface area contributed by atoms with Crippen molar-refractivity contribution in [3.05, 3.63) is 53.5 Å². The van der Waals surface area contributed by atoms with Crippen LogP contribution in [0.5, 0.6) is 0 Å². The zero-order valence-corrected chi connectivity index (χ0v) is 16.1. The van der Waals surface area contributed by atoms with Crippen LogP contribution in [0.4, 0.5) is 0 Å². The van der Waals surface area contributed by atoms with E-state index in [0.717, 1.165) is 5.56 Å². The summed E-state index contributed by atoms with van der Waals surface area (Å²) >= 11 is 0. The Morgan fingerprint density at radius 2 is 1.88 bits per heavy atom. The predicted molar refractivity (Wildman–Crippen MR) is 97.0 cm³/mol. The molecule has 1 aromatic heterocycles. The summed E-state index contributed by atoms with van der Waals surface area (Å²) in [6.45, 7) is 8.91. The lowest BCUT2D eigenvalue weighted by molar-refractivity contribution is -0.128. The van der Waals surface area contributed by atoms with Crippen LogP contribution in [0, 0.1) is 19.3 Å². The molecule has 0 aliphatic rings. The number of aryl methyl sites for hydroxylation is 2. The molecule has 0 radical (unpaired) electrons. The van der Waals surface area contributed by atoms with E-state index in [1.54, 1.807) is 52.0 Å². The van der Waals surface area contributed by atoms with Crippen LogP contribution < -0.4 is 5.32 Å². The first-order chi connectivity index (χ1) is 11.5. The van der Waals surface area contributed by atoms with Gasteiger partial charge in [-0.2, -0.15) is 0 Å². The van der Waals surface area contributed by atoms with Gasteiger partial charge in [-0.05, 0) is 43.2 Å². The smallest absolute Gasteiger partial charge is 0.225 e. The minimum absolute atomic E-state index is 0.0423. The molecule has 25 heavy (non-hydrogen) atoms. The van der Waals surface area contributed by atoms with Crippen molar-refractivity contribution in [3.63, 3.8) is 0 Å². The maximum absolute atomic E-state index is 13.3. The van der Waals surface area contributed by atoms with Gasteiger partial charge in [0.15, 0.2) is 9.84 Å². The first-order valence-corrected chi connectivity index (χ1v) is 9.71. The Bertz CT molecular complexity index is 846. The number of sulfone groups is 1. The van der Waals surface area contributed by atoms with Crippen LogP contribution in [0.25, 0.3) is 0 Å². The molecular formula is C19H25NO4S. The molecule has 6 heteroatoms. The molecule has 2 aromatic rings. The van der Waals surface area contributed by atoms with E-state index in [9.17, 15) is 13.2 Å². The summed E-state index contributed by atoms with van der Waals surface area (Å²) in [6, 6.07) is 8.59. The first kappa shape index (κ1) is 19.2. The molecule has 0 bridgehead atoms. The lowest BCUT2D eigenvalue weighted by Crippen LogP contribution is -2.38. The molecule has 5 nitrogen and oxygen atoms in total. The van der Waals surface area contributed by atoms with Crippen molar-refractivity contribution in [1.29, 1.82) is 0 Å². The first-order valence-electron chi connectivity index (χ1n) is 8.16. The zero-order valence-electron chi connectivity index (χ0n) is 15.3. The third-order valence-corrected chi connectivity index (χ3v) is 6.22. The van der Waals surface area contributed by atoms with Crippen molar-refractivity contribution in [2.75, 3.05) is 6.54 Å². The highest BCUT2D eigenvalue weighted by atomic mass is 32.2. The Labute approximate surface area is 149 Å². The van der Waals surface area contributed by atoms with Gasteiger partial charge >= 0.3 is 0 Å². The number of furan rings is 1. The highest BCUT2D eigenvalue weighted by molar-refractivity contribution is 7.91. The van der Waals surface area contributed by atoms with Gasteiger partial charge in [0, 0.05) is 12.0 Å². The van der Waals surface area contributed by atoms with Crippen molar-refractivity contribution < 1.29 is 17.6 Å². The lowest BCUT2D eigenvalue weighted by atomic mass is 9.96. The zero-order chi connectivity index (χ0) is 18.8. The van der Waals surface area contributed by atoms with Gasteiger partial charge in [-0.3, -0.25) is 4.79 Å². The standard InChI is InChI=1S/C19H25NO4S/c1-13-8-9-14(2)16(11-13)25(22,23)17(15-7-6-10-24-15)12-20-18(21)19(3,4)5/h6-11,17H,12H2,1-5H3,(H,20,21)/t17-/m0/s1. The Balaban J connectivity index is 2.42. The average Bonchev–Trinajstić information content (AvgIpc) is 3.02. The second-order valence-corrected chi connectivity index (χ2v) is 9.38. The second kappa shape index (κ2) is 7.04. The van der Waals surface area contributed by atoms with E-state index < -0.39 is 20.5 Å². The molecule has 1 amide bonds. The highest BCUT2D eigenvalue weighted by Crippen LogP contribution is 2.31. The van der Waals surface area contributed by atoms with E-state index in [1.165, 1.54) is 6.26 Å². The molecule has 1 atom stereocenters. The summed E-state index contributed by atoms with van der Waals surface area (Å²) in [5, 5.41) is 1.77. The van der Waals surface area contributed by atoms with E-state index in [2.05, 4.69) is 5.32 Å². The molecule has 0 aliphatic carbocycles. The molecule has 2 rings (SSSR count). The van der Waals surface area contributed by atoms with E-state index in [1.807, 2.05) is 13.0 Å². The van der Waals surface area contributed by atoms with Crippen LogP contribution in [0.15, 0.2) is 45.9 Å². The molecule has 0 spiro atoms. The molecule has 0 unspecified atom stereocenters. The summed E-state index contributed by atoms with van der Waals surface area (Å²) in [7, 11) is -3.73. The summed E-state index contributed by atoms with van der Waals surface area (Å²) in [4.78, 5) is 12.4. The van der Waals surface area contributed by atoms with Crippen molar-refractivity contribution in [2.24, 2.45) is 5.41 Å². The highest BCUT2D eigenvalue weighted by Gasteiger charge is 2.34. The maximum atomic E-state index is 13.3.